The molecule has 1 aromatic heterocycles. The second kappa shape index (κ2) is 4.47. The molecule has 2 aromatic rings. The molecule has 0 atom stereocenters. The van der Waals surface area contributed by atoms with Crippen LogP contribution in [0.5, 0.6) is 0 Å². The molecule has 0 aliphatic rings. The fourth-order valence-electron chi connectivity index (χ4n) is 1.99. The van der Waals surface area contributed by atoms with Gasteiger partial charge in [-0.15, -0.1) is 0 Å². The second-order valence-electron chi connectivity index (χ2n) is 4.89. The average molecular weight is 234 g/mol. The van der Waals surface area contributed by atoms with E-state index in [1.165, 1.54) is 0 Å². The van der Waals surface area contributed by atoms with Crippen LogP contribution in [-0.2, 0) is 13.5 Å². The molecule has 17 heavy (non-hydrogen) atoms. The number of aryl methyl sites for hydroxylation is 1. The Labute approximate surface area is 100 Å². The van der Waals surface area contributed by atoms with Crippen LogP contribution in [-0.4, -0.2) is 33.2 Å². The number of rotatable bonds is 4. The van der Waals surface area contributed by atoms with Gasteiger partial charge in [0.05, 0.1) is 24.4 Å². The smallest absolute Gasteiger partial charge is 0.0710 e. The zero-order valence-electron chi connectivity index (χ0n) is 10.2. The van der Waals surface area contributed by atoms with E-state index in [2.05, 4.69) is 5.10 Å². The molecule has 0 saturated carbocycles. The molecule has 0 unspecified atom stereocenters. The second-order valence-corrected chi connectivity index (χ2v) is 4.89. The third-order valence-corrected chi connectivity index (χ3v) is 3.19. The Kier molecular flexibility index (Phi) is 3.17. The number of aliphatic hydroxyl groups is 2. The molecule has 0 fully saturated rings. The molecule has 0 aliphatic carbocycles. The van der Waals surface area contributed by atoms with Crippen molar-refractivity contribution in [2.45, 2.75) is 13.3 Å². The van der Waals surface area contributed by atoms with Crippen LogP contribution < -0.4 is 0 Å². The summed E-state index contributed by atoms with van der Waals surface area (Å²) in [6.07, 6.45) is 0.571. The van der Waals surface area contributed by atoms with Crippen molar-refractivity contribution in [2.24, 2.45) is 12.5 Å². The number of para-hydroxylation sites is 1. The Morgan fingerprint density at radius 2 is 1.88 bits per heavy atom. The van der Waals surface area contributed by atoms with Crippen molar-refractivity contribution < 1.29 is 10.2 Å². The number of aromatic nitrogens is 2. The van der Waals surface area contributed by atoms with Gasteiger partial charge in [-0.25, -0.2) is 0 Å². The van der Waals surface area contributed by atoms with Crippen molar-refractivity contribution in [3.05, 3.63) is 30.0 Å². The van der Waals surface area contributed by atoms with Gasteiger partial charge in [-0.1, -0.05) is 25.1 Å². The standard InChI is InChI=1S/C13H18N2O2/c1-13(8-16,9-17)7-11-10-5-3-4-6-12(10)15(2)14-11/h3-6,16-17H,7-9H2,1-2H3. The zero-order valence-corrected chi connectivity index (χ0v) is 10.2. The van der Waals surface area contributed by atoms with Crippen LogP contribution in [0, 0.1) is 5.41 Å². The van der Waals surface area contributed by atoms with Gasteiger partial charge in [-0.05, 0) is 6.07 Å². The van der Waals surface area contributed by atoms with Crippen molar-refractivity contribution in [2.75, 3.05) is 13.2 Å². The van der Waals surface area contributed by atoms with Crippen molar-refractivity contribution in [1.29, 1.82) is 0 Å². The number of nitrogens with zero attached hydrogens (tertiary/aromatic N) is 2. The van der Waals surface area contributed by atoms with E-state index in [0.717, 1.165) is 16.6 Å². The lowest BCUT2D eigenvalue weighted by molar-refractivity contribution is 0.0697. The van der Waals surface area contributed by atoms with Gasteiger partial charge in [0, 0.05) is 24.3 Å². The SMILES string of the molecule is Cn1nc(CC(C)(CO)CO)c2ccccc21. The first-order valence-electron chi connectivity index (χ1n) is 5.72. The molecular weight excluding hydrogens is 216 g/mol. The maximum absolute atomic E-state index is 9.33. The average Bonchev–Trinajstić information content (AvgIpc) is 2.67. The van der Waals surface area contributed by atoms with E-state index in [1.807, 2.05) is 42.9 Å². The van der Waals surface area contributed by atoms with Gasteiger partial charge >= 0.3 is 0 Å². The normalized spacial score (nSPS) is 12.2. The summed E-state index contributed by atoms with van der Waals surface area (Å²) in [4.78, 5) is 0. The molecule has 92 valence electrons. The fraction of sp³-hybridized carbons (Fsp3) is 0.462. The molecule has 0 spiro atoms. The van der Waals surface area contributed by atoms with Crippen LogP contribution in [0.4, 0.5) is 0 Å². The summed E-state index contributed by atoms with van der Waals surface area (Å²) in [5.74, 6) is 0. The Bertz CT molecular complexity index is 515. The Morgan fingerprint density at radius 1 is 1.24 bits per heavy atom. The third-order valence-electron chi connectivity index (χ3n) is 3.19. The zero-order chi connectivity index (χ0) is 12.5. The minimum Gasteiger partial charge on any atom is -0.396 e. The molecule has 4 nitrogen and oxygen atoms in total. The number of benzene rings is 1. The highest BCUT2D eigenvalue weighted by molar-refractivity contribution is 5.81. The van der Waals surface area contributed by atoms with Crippen LogP contribution in [0.25, 0.3) is 10.9 Å². The lowest BCUT2D eigenvalue weighted by atomic mass is 9.86. The van der Waals surface area contributed by atoms with Crippen LogP contribution in [0.2, 0.25) is 0 Å². The molecule has 4 heteroatoms. The van der Waals surface area contributed by atoms with Crippen LogP contribution >= 0.6 is 0 Å². The summed E-state index contributed by atoms with van der Waals surface area (Å²) < 4.78 is 1.83. The maximum Gasteiger partial charge on any atom is 0.0710 e. The number of hydrogen-bond donors (Lipinski definition) is 2. The highest BCUT2D eigenvalue weighted by Crippen LogP contribution is 2.25. The maximum atomic E-state index is 9.33. The number of aliphatic hydroxyl groups excluding tert-OH is 2. The van der Waals surface area contributed by atoms with Gasteiger partial charge < -0.3 is 10.2 Å². The predicted octanol–water partition coefficient (Wildman–Crippen LogP) is 1.11. The Balaban J connectivity index is 2.43. The molecule has 2 N–H and O–H groups in total. The topological polar surface area (TPSA) is 58.3 Å². The first-order chi connectivity index (χ1) is 8.09. The van der Waals surface area contributed by atoms with Gasteiger partial charge in [0.15, 0.2) is 0 Å². The van der Waals surface area contributed by atoms with Crippen molar-refractivity contribution in [1.82, 2.24) is 9.78 Å². The van der Waals surface area contributed by atoms with Gasteiger partial charge in [0.1, 0.15) is 0 Å². The van der Waals surface area contributed by atoms with E-state index in [1.54, 1.807) is 0 Å². The lowest BCUT2D eigenvalue weighted by Gasteiger charge is -2.23. The van der Waals surface area contributed by atoms with Crippen LogP contribution in [0.15, 0.2) is 24.3 Å². The molecule has 1 heterocycles. The minimum atomic E-state index is -0.517. The molecule has 0 aliphatic heterocycles. The Morgan fingerprint density at radius 3 is 2.53 bits per heavy atom. The summed E-state index contributed by atoms with van der Waals surface area (Å²) >= 11 is 0. The molecule has 0 amide bonds. The first kappa shape index (κ1) is 12.1. The van der Waals surface area contributed by atoms with Gasteiger partial charge in [0.2, 0.25) is 0 Å². The molecular formula is C13H18N2O2. The monoisotopic (exact) mass is 234 g/mol. The number of hydrogen-bond acceptors (Lipinski definition) is 3. The van der Waals surface area contributed by atoms with Crippen LogP contribution in [0.3, 0.4) is 0 Å². The third kappa shape index (κ3) is 2.18. The van der Waals surface area contributed by atoms with Gasteiger partial charge in [0.25, 0.3) is 0 Å². The Hall–Kier alpha value is -1.39. The highest BCUT2D eigenvalue weighted by Gasteiger charge is 2.25. The molecule has 0 radical (unpaired) electrons. The highest BCUT2D eigenvalue weighted by atomic mass is 16.3. The summed E-state index contributed by atoms with van der Waals surface area (Å²) in [6, 6.07) is 7.99. The number of fused-ring (bicyclic) bond motifs is 1. The summed E-state index contributed by atoms with van der Waals surface area (Å²) in [5.41, 5.74) is 1.48. The lowest BCUT2D eigenvalue weighted by Crippen LogP contribution is -2.28. The van der Waals surface area contributed by atoms with Gasteiger partial charge in [-0.3, -0.25) is 4.68 Å². The summed E-state index contributed by atoms with van der Waals surface area (Å²) in [7, 11) is 1.90. The van der Waals surface area contributed by atoms with E-state index in [4.69, 9.17) is 0 Å². The van der Waals surface area contributed by atoms with E-state index in [0.29, 0.717) is 6.42 Å². The van der Waals surface area contributed by atoms with E-state index < -0.39 is 5.41 Å². The van der Waals surface area contributed by atoms with E-state index >= 15 is 0 Å². The van der Waals surface area contributed by atoms with Crippen LogP contribution in [0.1, 0.15) is 12.6 Å². The molecule has 0 saturated heterocycles. The van der Waals surface area contributed by atoms with E-state index in [-0.39, 0.29) is 13.2 Å². The van der Waals surface area contributed by atoms with E-state index in [9.17, 15) is 10.2 Å². The first-order valence-corrected chi connectivity index (χ1v) is 5.72. The quantitative estimate of drug-likeness (QED) is 0.833. The predicted molar refractivity (Wildman–Crippen MR) is 66.7 cm³/mol. The minimum absolute atomic E-state index is 0.0472. The molecule has 0 bridgehead atoms. The van der Waals surface area contributed by atoms with Crippen molar-refractivity contribution in [3.8, 4) is 0 Å². The molecule has 1 aromatic carbocycles. The molecule has 2 rings (SSSR count). The summed E-state index contributed by atoms with van der Waals surface area (Å²) in [6.45, 7) is 1.76. The van der Waals surface area contributed by atoms with Crippen molar-refractivity contribution in [3.63, 3.8) is 0 Å². The fourth-order valence-corrected chi connectivity index (χ4v) is 1.99. The van der Waals surface area contributed by atoms with Gasteiger partial charge in [-0.2, -0.15) is 5.10 Å². The largest absolute Gasteiger partial charge is 0.396 e. The summed E-state index contributed by atoms with van der Waals surface area (Å²) in [5, 5.41) is 24.2. The van der Waals surface area contributed by atoms with Crippen molar-refractivity contribution >= 4 is 10.9 Å².